The zero-order valence-corrected chi connectivity index (χ0v) is 12.2. The molecule has 0 aliphatic carbocycles. The number of benzene rings is 2. The van der Waals surface area contributed by atoms with Crippen molar-refractivity contribution >= 4 is 38.0 Å². The van der Waals surface area contributed by atoms with Gasteiger partial charge in [-0.25, -0.2) is 4.39 Å². The smallest absolute Gasteiger partial charge is 0.131 e. The maximum Gasteiger partial charge on any atom is 0.131 e. The monoisotopic (exact) mass is 336 g/mol. The van der Waals surface area contributed by atoms with Crippen LogP contribution in [0.4, 0.5) is 4.39 Å². The van der Waals surface area contributed by atoms with Crippen LogP contribution in [-0.2, 0) is 0 Å². The average Bonchev–Trinajstić information content (AvgIpc) is 2.86. The number of hydrogen-bond donors (Lipinski definition) is 1. The van der Waals surface area contributed by atoms with E-state index >= 15 is 0 Å². The van der Waals surface area contributed by atoms with E-state index in [2.05, 4.69) is 15.9 Å². The molecule has 3 aromatic rings. The summed E-state index contributed by atoms with van der Waals surface area (Å²) in [4.78, 5) is 0.837. The summed E-state index contributed by atoms with van der Waals surface area (Å²) in [6.45, 7) is 0. The SMILES string of the molecule is OC(c1ccc(Br)s1)c1ccc(F)c2ccccc12. The van der Waals surface area contributed by atoms with Gasteiger partial charge in [-0.05, 0) is 45.1 Å². The Morgan fingerprint density at radius 1 is 1.00 bits per heavy atom. The second-order valence-corrected chi connectivity index (χ2v) is 6.72. The van der Waals surface area contributed by atoms with Crippen molar-refractivity contribution in [1.82, 2.24) is 0 Å². The molecule has 0 saturated heterocycles. The van der Waals surface area contributed by atoms with Gasteiger partial charge in [-0.3, -0.25) is 0 Å². The zero-order chi connectivity index (χ0) is 13.4. The molecule has 1 nitrogen and oxygen atoms in total. The Balaban J connectivity index is 2.18. The van der Waals surface area contributed by atoms with Gasteiger partial charge in [0.25, 0.3) is 0 Å². The molecule has 1 heterocycles. The van der Waals surface area contributed by atoms with Crippen molar-refractivity contribution < 1.29 is 9.50 Å². The molecule has 4 heteroatoms. The van der Waals surface area contributed by atoms with Crippen molar-refractivity contribution in [2.75, 3.05) is 0 Å². The molecule has 0 aliphatic rings. The predicted molar refractivity (Wildman–Crippen MR) is 80.0 cm³/mol. The third-order valence-corrected chi connectivity index (χ3v) is 4.74. The van der Waals surface area contributed by atoms with Crippen molar-refractivity contribution in [3.63, 3.8) is 0 Å². The van der Waals surface area contributed by atoms with Gasteiger partial charge < -0.3 is 5.11 Å². The summed E-state index contributed by atoms with van der Waals surface area (Å²) in [6, 6.07) is 14.0. The molecule has 1 aromatic heterocycles. The number of hydrogen-bond acceptors (Lipinski definition) is 2. The Hall–Kier alpha value is -1.23. The van der Waals surface area contributed by atoms with Crippen LogP contribution in [0.25, 0.3) is 10.8 Å². The highest BCUT2D eigenvalue weighted by molar-refractivity contribution is 9.11. The van der Waals surface area contributed by atoms with Gasteiger partial charge in [0.15, 0.2) is 0 Å². The predicted octanol–water partition coefficient (Wildman–Crippen LogP) is 4.88. The normalized spacial score (nSPS) is 12.8. The standard InChI is InChI=1S/C15H10BrFOS/c16-14-8-7-13(19-14)15(18)11-5-6-12(17)10-4-2-1-3-9(10)11/h1-8,15,18H. The first kappa shape index (κ1) is 12.8. The number of fused-ring (bicyclic) bond motifs is 1. The molecule has 1 N–H and O–H groups in total. The summed E-state index contributed by atoms with van der Waals surface area (Å²) in [7, 11) is 0. The first-order valence-electron chi connectivity index (χ1n) is 5.77. The molecule has 3 rings (SSSR count). The lowest BCUT2D eigenvalue weighted by Gasteiger charge is -2.12. The molecular weight excluding hydrogens is 327 g/mol. The van der Waals surface area contributed by atoms with E-state index in [9.17, 15) is 9.50 Å². The largest absolute Gasteiger partial charge is 0.383 e. The lowest BCUT2D eigenvalue weighted by molar-refractivity contribution is 0.225. The molecule has 2 aromatic carbocycles. The van der Waals surface area contributed by atoms with Crippen LogP contribution in [0.15, 0.2) is 52.3 Å². The van der Waals surface area contributed by atoms with Gasteiger partial charge in [0.05, 0.1) is 3.79 Å². The lowest BCUT2D eigenvalue weighted by atomic mass is 9.99. The fraction of sp³-hybridized carbons (Fsp3) is 0.0667. The Kier molecular flexibility index (Phi) is 3.39. The van der Waals surface area contributed by atoms with Gasteiger partial charge in [0.2, 0.25) is 0 Å². The topological polar surface area (TPSA) is 20.2 Å². The lowest BCUT2D eigenvalue weighted by Crippen LogP contribution is -1.99. The van der Waals surface area contributed by atoms with Crippen LogP contribution in [0.2, 0.25) is 0 Å². The summed E-state index contributed by atoms with van der Waals surface area (Å²) < 4.78 is 14.7. The molecule has 0 amide bonds. The van der Waals surface area contributed by atoms with E-state index in [-0.39, 0.29) is 5.82 Å². The number of rotatable bonds is 2. The van der Waals surface area contributed by atoms with Crippen molar-refractivity contribution in [1.29, 1.82) is 0 Å². The van der Waals surface area contributed by atoms with Gasteiger partial charge in [-0.2, -0.15) is 0 Å². The van der Waals surface area contributed by atoms with Crippen LogP contribution >= 0.6 is 27.3 Å². The van der Waals surface area contributed by atoms with Crippen LogP contribution in [0.3, 0.4) is 0 Å². The van der Waals surface area contributed by atoms with E-state index < -0.39 is 6.10 Å². The fourth-order valence-electron chi connectivity index (χ4n) is 2.15. The van der Waals surface area contributed by atoms with E-state index in [1.807, 2.05) is 24.3 Å². The third-order valence-electron chi connectivity index (χ3n) is 3.06. The average molecular weight is 337 g/mol. The number of aliphatic hydroxyl groups is 1. The van der Waals surface area contributed by atoms with Crippen LogP contribution in [0, 0.1) is 5.82 Å². The zero-order valence-electron chi connectivity index (χ0n) is 9.81. The van der Waals surface area contributed by atoms with Crippen molar-refractivity contribution in [3.8, 4) is 0 Å². The van der Waals surface area contributed by atoms with Crippen LogP contribution in [0.5, 0.6) is 0 Å². The summed E-state index contributed by atoms with van der Waals surface area (Å²) in [5.41, 5.74) is 0.728. The van der Waals surface area contributed by atoms with E-state index in [1.165, 1.54) is 17.4 Å². The molecule has 0 bridgehead atoms. The quantitative estimate of drug-likeness (QED) is 0.706. The minimum absolute atomic E-state index is 0.265. The minimum atomic E-state index is -0.734. The highest BCUT2D eigenvalue weighted by Crippen LogP contribution is 2.34. The summed E-state index contributed by atoms with van der Waals surface area (Å²) in [6.07, 6.45) is -0.734. The Morgan fingerprint density at radius 3 is 2.42 bits per heavy atom. The molecular formula is C15H10BrFOS. The first-order valence-corrected chi connectivity index (χ1v) is 7.38. The maximum atomic E-state index is 13.7. The number of aliphatic hydroxyl groups excluding tert-OH is 1. The molecule has 19 heavy (non-hydrogen) atoms. The summed E-state index contributed by atoms with van der Waals surface area (Å²) in [5, 5.41) is 11.7. The molecule has 0 radical (unpaired) electrons. The maximum absolute atomic E-state index is 13.7. The summed E-state index contributed by atoms with van der Waals surface area (Å²) >= 11 is 4.86. The molecule has 1 atom stereocenters. The van der Waals surface area contributed by atoms with E-state index in [4.69, 9.17) is 0 Å². The van der Waals surface area contributed by atoms with Crippen LogP contribution in [-0.4, -0.2) is 5.11 Å². The van der Waals surface area contributed by atoms with E-state index in [0.717, 1.165) is 19.6 Å². The highest BCUT2D eigenvalue weighted by atomic mass is 79.9. The minimum Gasteiger partial charge on any atom is -0.383 e. The molecule has 0 saturated carbocycles. The van der Waals surface area contributed by atoms with E-state index in [1.54, 1.807) is 18.2 Å². The van der Waals surface area contributed by atoms with Gasteiger partial charge >= 0.3 is 0 Å². The second kappa shape index (κ2) is 5.04. The number of thiophene rings is 1. The molecule has 96 valence electrons. The van der Waals surface area contributed by atoms with Crippen molar-refractivity contribution in [2.45, 2.75) is 6.10 Å². The molecule has 1 unspecified atom stereocenters. The fourth-order valence-corrected chi connectivity index (χ4v) is 3.58. The Morgan fingerprint density at radius 2 is 1.74 bits per heavy atom. The Bertz CT molecular complexity index is 738. The van der Waals surface area contributed by atoms with Crippen LogP contribution in [0.1, 0.15) is 16.5 Å². The third kappa shape index (κ3) is 2.31. The highest BCUT2D eigenvalue weighted by Gasteiger charge is 2.16. The summed E-state index contributed by atoms with van der Waals surface area (Å²) in [5.74, 6) is -0.265. The molecule has 0 fully saturated rings. The van der Waals surface area contributed by atoms with Crippen molar-refractivity contribution in [2.24, 2.45) is 0 Å². The first-order chi connectivity index (χ1) is 9.16. The van der Waals surface area contributed by atoms with Crippen LogP contribution < -0.4 is 0 Å². The number of halogens is 2. The van der Waals surface area contributed by atoms with Gasteiger partial charge in [-0.1, -0.05) is 30.3 Å². The van der Waals surface area contributed by atoms with Gasteiger partial charge in [0.1, 0.15) is 11.9 Å². The molecule has 0 aliphatic heterocycles. The second-order valence-electron chi connectivity index (χ2n) is 4.23. The van der Waals surface area contributed by atoms with Crippen molar-refractivity contribution in [3.05, 3.63) is 68.6 Å². The Labute approximate surface area is 122 Å². The molecule has 0 spiro atoms. The van der Waals surface area contributed by atoms with Gasteiger partial charge in [-0.15, -0.1) is 11.3 Å². The van der Waals surface area contributed by atoms with Gasteiger partial charge in [0, 0.05) is 10.3 Å². The van der Waals surface area contributed by atoms with E-state index in [0.29, 0.717) is 5.39 Å².